The van der Waals surface area contributed by atoms with Crippen molar-refractivity contribution in [1.29, 1.82) is 0 Å². The molecule has 0 spiro atoms. The molecule has 1 fully saturated rings. The van der Waals surface area contributed by atoms with Crippen LogP contribution in [0.2, 0.25) is 0 Å². The normalized spacial score (nSPS) is 19.4. The van der Waals surface area contributed by atoms with E-state index < -0.39 is 0 Å². The highest BCUT2D eigenvalue weighted by atomic mass is 19.1. The number of hydrogen-bond acceptors (Lipinski definition) is 3. The van der Waals surface area contributed by atoms with Gasteiger partial charge in [-0.1, -0.05) is 59.8 Å². The summed E-state index contributed by atoms with van der Waals surface area (Å²) in [7, 11) is 3.74. The number of rotatable bonds is 8. The fourth-order valence-corrected chi connectivity index (χ4v) is 4.02. The number of anilines is 1. The Morgan fingerprint density at radius 3 is 2.49 bits per heavy atom. The van der Waals surface area contributed by atoms with Gasteiger partial charge in [-0.2, -0.15) is 0 Å². The van der Waals surface area contributed by atoms with Gasteiger partial charge in [0, 0.05) is 30.1 Å². The second-order valence-corrected chi connectivity index (χ2v) is 9.46. The number of halogens is 1. The van der Waals surface area contributed by atoms with Crippen LogP contribution in [0.15, 0.2) is 54.3 Å². The highest BCUT2D eigenvalue weighted by Gasteiger charge is 2.42. The first-order valence-corrected chi connectivity index (χ1v) is 13.0. The van der Waals surface area contributed by atoms with Crippen LogP contribution < -0.4 is 4.90 Å². The van der Waals surface area contributed by atoms with Crippen LogP contribution in [0.25, 0.3) is 0 Å². The Labute approximate surface area is 213 Å². The van der Waals surface area contributed by atoms with Crippen molar-refractivity contribution in [2.24, 2.45) is 5.92 Å². The van der Waals surface area contributed by atoms with E-state index in [-0.39, 0.29) is 23.1 Å². The van der Waals surface area contributed by atoms with Crippen molar-refractivity contribution >= 4 is 11.6 Å². The number of carbonyl (C=O) groups is 1. The van der Waals surface area contributed by atoms with Crippen molar-refractivity contribution in [2.45, 2.75) is 72.6 Å². The largest absolute Gasteiger partial charge is 0.501 e. The third kappa shape index (κ3) is 8.64. The second-order valence-electron chi connectivity index (χ2n) is 9.46. The fourth-order valence-electron chi connectivity index (χ4n) is 4.02. The molecule has 5 heteroatoms. The van der Waals surface area contributed by atoms with Crippen LogP contribution in [-0.4, -0.2) is 44.6 Å². The fraction of sp³-hybridized carbons (Fsp3) is 0.567. The molecule has 196 valence electrons. The molecular formula is C30H47FN2O2. The van der Waals surface area contributed by atoms with Gasteiger partial charge in [0.1, 0.15) is 5.82 Å². The zero-order valence-electron chi connectivity index (χ0n) is 23.3. The Morgan fingerprint density at radius 1 is 1.31 bits per heavy atom. The van der Waals surface area contributed by atoms with Crippen LogP contribution in [0.5, 0.6) is 0 Å². The molecule has 1 amide bonds. The van der Waals surface area contributed by atoms with Gasteiger partial charge >= 0.3 is 0 Å². The van der Waals surface area contributed by atoms with Gasteiger partial charge in [-0.3, -0.25) is 4.79 Å². The Hall–Kier alpha value is -2.40. The van der Waals surface area contributed by atoms with Crippen LogP contribution in [0, 0.1) is 11.7 Å². The Morgan fingerprint density at radius 2 is 1.97 bits per heavy atom. The number of hydrogen-bond donors (Lipinski definition) is 0. The van der Waals surface area contributed by atoms with E-state index in [1.54, 1.807) is 19.2 Å². The number of ether oxygens (including phenoxy) is 1. The van der Waals surface area contributed by atoms with E-state index in [1.807, 2.05) is 43.9 Å². The van der Waals surface area contributed by atoms with E-state index in [1.165, 1.54) is 6.07 Å². The number of benzene rings is 1. The van der Waals surface area contributed by atoms with Gasteiger partial charge < -0.3 is 14.5 Å². The zero-order valence-corrected chi connectivity index (χ0v) is 23.3. The number of amides is 1. The molecule has 1 aromatic rings. The van der Waals surface area contributed by atoms with Crippen LogP contribution >= 0.6 is 0 Å². The number of likely N-dealkylation sites (N-methyl/N-ethyl adjacent to an activating group) is 1. The summed E-state index contributed by atoms with van der Waals surface area (Å²) in [5.41, 5.74) is 2.90. The van der Waals surface area contributed by atoms with E-state index in [0.717, 1.165) is 61.4 Å². The van der Waals surface area contributed by atoms with Crippen LogP contribution in [0.4, 0.5) is 10.1 Å². The van der Waals surface area contributed by atoms with Crippen molar-refractivity contribution in [1.82, 2.24) is 4.90 Å². The van der Waals surface area contributed by atoms with Crippen molar-refractivity contribution < 1.29 is 13.9 Å². The van der Waals surface area contributed by atoms with Crippen LogP contribution in [0.1, 0.15) is 72.8 Å². The molecule has 0 N–H and O–H groups in total. The summed E-state index contributed by atoms with van der Waals surface area (Å²) in [5, 5.41) is 0. The van der Waals surface area contributed by atoms with E-state index in [9.17, 15) is 9.18 Å². The average Bonchev–Trinajstić information content (AvgIpc) is 3.12. The van der Waals surface area contributed by atoms with Gasteiger partial charge in [0.05, 0.1) is 12.9 Å². The smallest absolute Gasteiger partial charge is 0.230 e. The van der Waals surface area contributed by atoms with E-state index in [4.69, 9.17) is 4.74 Å². The number of nitrogens with zero attached hydrogens (tertiary/aromatic N) is 2. The van der Waals surface area contributed by atoms with Crippen LogP contribution in [-0.2, 0) is 14.9 Å². The summed E-state index contributed by atoms with van der Waals surface area (Å²) < 4.78 is 18.5. The van der Waals surface area contributed by atoms with Crippen molar-refractivity contribution in [2.75, 3.05) is 38.7 Å². The van der Waals surface area contributed by atoms with Gasteiger partial charge in [0.2, 0.25) is 5.91 Å². The minimum Gasteiger partial charge on any atom is -0.501 e. The molecule has 4 nitrogen and oxygen atoms in total. The molecule has 3 rings (SSSR count). The van der Waals surface area contributed by atoms with E-state index in [0.29, 0.717) is 6.54 Å². The standard InChI is InChI=1S/C16H20FNO.C12H21NO.C2H6/c1-3-16(2)10-18(15(19)11-5-4-6-11)14-8-7-12(17)9-13(14)16;1-6-13(4)10-11(2)8-7-9-12(3)14-5;1-2/h7-9,11H,3-6,10H2,1-2H3;7-9H,2,6,10H2,1,3-5H3;1-2H3/b;8-7-,12-9+;. The lowest BCUT2D eigenvalue weighted by atomic mass is 9.82. The number of fused-ring (bicyclic) bond motifs is 1. The lowest BCUT2D eigenvalue weighted by Gasteiger charge is -2.30. The maximum absolute atomic E-state index is 13.5. The SMILES string of the molecule is C=C(/C=C\C=C(/C)OC)CN(C)CC.CC.CCC1(C)CN(C(=O)C2CCC2)c2ccc(F)cc21. The lowest BCUT2D eigenvalue weighted by Crippen LogP contribution is -2.40. The molecule has 1 aliphatic carbocycles. The molecule has 0 radical (unpaired) electrons. The molecular weight excluding hydrogens is 439 g/mol. The summed E-state index contributed by atoms with van der Waals surface area (Å²) in [6.07, 6.45) is 9.99. The van der Waals surface area contributed by atoms with Gasteiger partial charge in [0.15, 0.2) is 0 Å². The highest BCUT2D eigenvalue weighted by Crippen LogP contribution is 2.44. The molecule has 0 bridgehead atoms. The Bertz CT molecular complexity index is 888. The van der Waals surface area contributed by atoms with Gasteiger partial charge in [-0.15, -0.1) is 0 Å². The third-order valence-electron chi connectivity index (χ3n) is 6.91. The lowest BCUT2D eigenvalue weighted by molar-refractivity contribution is -0.124. The van der Waals surface area contributed by atoms with Crippen molar-refractivity contribution in [3.05, 3.63) is 65.7 Å². The molecule has 1 heterocycles. The molecule has 2 aliphatic rings. The summed E-state index contributed by atoms with van der Waals surface area (Å²) in [5.74, 6) is 1.11. The van der Waals surface area contributed by atoms with Gasteiger partial charge in [-0.25, -0.2) is 4.39 Å². The Balaban J connectivity index is 0.000000343. The first-order chi connectivity index (χ1) is 16.6. The van der Waals surface area contributed by atoms with Gasteiger partial charge in [-0.05, 0) is 75.2 Å². The molecule has 1 saturated carbocycles. The monoisotopic (exact) mass is 486 g/mol. The number of carbonyl (C=O) groups excluding carboxylic acids is 1. The molecule has 0 aromatic heterocycles. The number of allylic oxidation sites excluding steroid dienone is 3. The minimum absolute atomic E-state index is 0.114. The molecule has 1 aromatic carbocycles. The minimum atomic E-state index is -0.212. The third-order valence-corrected chi connectivity index (χ3v) is 6.91. The first-order valence-electron chi connectivity index (χ1n) is 13.0. The highest BCUT2D eigenvalue weighted by molar-refractivity contribution is 5.98. The molecule has 1 aliphatic heterocycles. The quantitative estimate of drug-likeness (QED) is 0.286. The summed E-state index contributed by atoms with van der Waals surface area (Å²) in [6.45, 7) is 18.9. The van der Waals surface area contributed by atoms with E-state index >= 15 is 0 Å². The topological polar surface area (TPSA) is 32.8 Å². The Kier molecular flexibility index (Phi) is 13.0. The average molecular weight is 487 g/mol. The number of methoxy groups -OCH3 is 1. The zero-order chi connectivity index (χ0) is 26.6. The van der Waals surface area contributed by atoms with E-state index in [2.05, 4.69) is 39.3 Å². The molecule has 0 saturated heterocycles. The predicted octanol–water partition coefficient (Wildman–Crippen LogP) is 7.27. The maximum Gasteiger partial charge on any atom is 0.230 e. The first kappa shape index (κ1) is 30.6. The molecule has 1 unspecified atom stereocenters. The predicted molar refractivity (Wildman–Crippen MR) is 147 cm³/mol. The van der Waals surface area contributed by atoms with Crippen LogP contribution in [0.3, 0.4) is 0 Å². The van der Waals surface area contributed by atoms with Crippen molar-refractivity contribution in [3.8, 4) is 0 Å². The summed E-state index contributed by atoms with van der Waals surface area (Å²) >= 11 is 0. The second kappa shape index (κ2) is 14.9. The summed E-state index contributed by atoms with van der Waals surface area (Å²) in [6, 6.07) is 4.83. The molecule has 35 heavy (non-hydrogen) atoms. The van der Waals surface area contributed by atoms with Crippen molar-refractivity contribution in [3.63, 3.8) is 0 Å². The van der Waals surface area contributed by atoms with Gasteiger partial charge in [0.25, 0.3) is 0 Å². The molecule has 1 atom stereocenters. The maximum atomic E-state index is 13.5. The summed E-state index contributed by atoms with van der Waals surface area (Å²) in [4.78, 5) is 16.6.